The van der Waals surface area contributed by atoms with Gasteiger partial charge in [-0.25, -0.2) is 18.9 Å². The van der Waals surface area contributed by atoms with Gasteiger partial charge in [0, 0.05) is 36.2 Å². The first-order chi connectivity index (χ1) is 14.5. The maximum Gasteiger partial charge on any atom is 0.156 e. The van der Waals surface area contributed by atoms with Crippen molar-refractivity contribution >= 4 is 22.2 Å². The number of piperazine rings is 1. The van der Waals surface area contributed by atoms with Gasteiger partial charge in [-0.1, -0.05) is 6.07 Å². The molecule has 1 saturated carbocycles. The minimum Gasteiger partial charge on any atom is -0.368 e. The van der Waals surface area contributed by atoms with E-state index in [1.807, 2.05) is 38.2 Å². The second kappa shape index (κ2) is 6.22. The molecule has 2 fully saturated rings. The zero-order valence-electron chi connectivity index (χ0n) is 17.1. The Morgan fingerprint density at radius 3 is 2.77 bits per heavy atom. The average Bonchev–Trinajstić information content (AvgIpc) is 3.35. The van der Waals surface area contributed by atoms with Crippen LogP contribution in [0.2, 0.25) is 0 Å². The van der Waals surface area contributed by atoms with E-state index in [2.05, 4.69) is 31.3 Å². The number of pyridine rings is 1. The van der Waals surface area contributed by atoms with Crippen molar-refractivity contribution in [1.82, 2.24) is 24.9 Å². The molecule has 6 nitrogen and oxygen atoms in total. The highest BCUT2D eigenvalue weighted by molar-refractivity contribution is 5.85. The van der Waals surface area contributed by atoms with Gasteiger partial charge in [0.15, 0.2) is 11.5 Å². The number of aromatic nitrogens is 4. The van der Waals surface area contributed by atoms with E-state index in [-0.39, 0.29) is 11.4 Å². The maximum atomic E-state index is 15.1. The lowest BCUT2D eigenvalue weighted by Crippen LogP contribution is -2.52. The molecule has 1 saturated heterocycles. The molecular weight excluding hydrogens is 379 g/mol. The van der Waals surface area contributed by atoms with E-state index in [1.54, 1.807) is 10.6 Å². The van der Waals surface area contributed by atoms with Gasteiger partial charge in [-0.2, -0.15) is 5.10 Å². The first-order valence-corrected chi connectivity index (χ1v) is 10.4. The fraction of sp³-hybridized carbons (Fsp3) is 0.348. The Bertz CT molecular complexity index is 1310. The quantitative estimate of drug-likeness (QED) is 0.555. The lowest BCUT2D eigenvalue weighted by Gasteiger charge is -2.35. The molecular formula is C23H23FN6. The highest BCUT2D eigenvalue weighted by Gasteiger charge is 2.45. The van der Waals surface area contributed by atoms with Crippen molar-refractivity contribution in [1.29, 1.82) is 0 Å². The Morgan fingerprint density at radius 1 is 1.07 bits per heavy atom. The van der Waals surface area contributed by atoms with E-state index in [1.165, 1.54) is 12.8 Å². The van der Waals surface area contributed by atoms with Gasteiger partial charge in [0.25, 0.3) is 0 Å². The van der Waals surface area contributed by atoms with Gasteiger partial charge < -0.3 is 10.2 Å². The topological polar surface area (TPSA) is 58.4 Å². The molecule has 4 aromatic rings. The standard InChI is InChI=1S/C23H23FN6/c1-14-9-20(28-30-12-15(2)26-22(14)30)19-4-3-16-10-17(11-18(24)21(16)27-19)29-8-7-25-23(13-29)5-6-23/h3-4,9-12,25H,5-8,13H2,1-2H3. The number of hydrogen-bond acceptors (Lipinski definition) is 5. The molecule has 2 aliphatic rings. The predicted molar refractivity (Wildman–Crippen MR) is 115 cm³/mol. The highest BCUT2D eigenvalue weighted by atomic mass is 19.1. The SMILES string of the molecule is Cc1cn2nc(-c3ccc4cc(N5CCNC6(CC6)C5)cc(F)c4n3)cc(C)c2n1. The number of halogens is 1. The molecule has 1 aliphatic carbocycles. The molecule has 0 radical (unpaired) electrons. The summed E-state index contributed by atoms with van der Waals surface area (Å²) in [6, 6.07) is 9.50. The van der Waals surface area contributed by atoms with Crippen LogP contribution < -0.4 is 10.2 Å². The Labute approximate surface area is 173 Å². The van der Waals surface area contributed by atoms with E-state index in [0.717, 1.165) is 47.6 Å². The van der Waals surface area contributed by atoms with Crippen LogP contribution in [-0.2, 0) is 0 Å². The molecule has 0 atom stereocenters. The Kier molecular flexibility index (Phi) is 3.68. The largest absolute Gasteiger partial charge is 0.368 e. The van der Waals surface area contributed by atoms with Crippen LogP contribution in [0.15, 0.2) is 36.5 Å². The maximum absolute atomic E-state index is 15.1. The van der Waals surface area contributed by atoms with Crippen LogP contribution in [0.3, 0.4) is 0 Å². The van der Waals surface area contributed by atoms with Crippen molar-refractivity contribution in [3.8, 4) is 11.4 Å². The number of anilines is 1. The predicted octanol–water partition coefficient (Wildman–Crippen LogP) is 3.64. The summed E-state index contributed by atoms with van der Waals surface area (Å²) in [4.78, 5) is 11.4. The van der Waals surface area contributed by atoms with Gasteiger partial charge in [-0.3, -0.25) is 0 Å². The third-order valence-electron chi connectivity index (χ3n) is 6.32. The van der Waals surface area contributed by atoms with Gasteiger partial charge in [0.1, 0.15) is 11.2 Å². The molecule has 152 valence electrons. The summed E-state index contributed by atoms with van der Waals surface area (Å²) in [5, 5.41) is 9.05. The second-order valence-electron chi connectivity index (χ2n) is 8.69. The molecule has 7 heteroatoms. The molecule has 0 unspecified atom stereocenters. The molecule has 0 amide bonds. The molecule has 3 aromatic heterocycles. The molecule has 4 heterocycles. The van der Waals surface area contributed by atoms with Crippen LogP contribution in [0.25, 0.3) is 27.9 Å². The van der Waals surface area contributed by atoms with Crippen molar-refractivity contribution in [2.45, 2.75) is 32.2 Å². The number of hydrogen-bond donors (Lipinski definition) is 1. The summed E-state index contributed by atoms with van der Waals surface area (Å²) >= 11 is 0. The first kappa shape index (κ1) is 17.8. The highest BCUT2D eigenvalue weighted by Crippen LogP contribution is 2.39. The Balaban J connectivity index is 1.40. The van der Waals surface area contributed by atoms with Gasteiger partial charge in [0.05, 0.1) is 17.6 Å². The van der Waals surface area contributed by atoms with E-state index in [9.17, 15) is 0 Å². The number of benzene rings is 1. The lowest BCUT2D eigenvalue weighted by molar-refractivity contribution is 0.442. The summed E-state index contributed by atoms with van der Waals surface area (Å²) in [5.74, 6) is -0.288. The number of fused-ring (bicyclic) bond motifs is 2. The lowest BCUT2D eigenvalue weighted by atomic mass is 10.1. The molecule has 30 heavy (non-hydrogen) atoms. The van der Waals surface area contributed by atoms with E-state index >= 15 is 4.39 Å². The van der Waals surface area contributed by atoms with E-state index in [0.29, 0.717) is 16.9 Å². The smallest absolute Gasteiger partial charge is 0.156 e. The number of rotatable bonds is 2. The van der Waals surface area contributed by atoms with E-state index < -0.39 is 0 Å². The molecule has 6 rings (SSSR count). The molecule has 1 aromatic carbocycles. The van der Waals surface area contributed by atoms with Gasteiger partial charge >= 0.3 is 0 Å². The second-order valence-corrected chi connectivity index (χ2v) is 8.69. The van der Waals surface area contributed by atoms with Crippen LogP contribution in [0, 0.1) is 19.7 Å². The molecule has 1 aliphatic heterocycles. The number of nitrogens with one attached hydrogen (secondary N) is 1. The minimum atomic E-state index is -0.288. The van der Waals surface area contributed by atoms with Crippen molar-refractivity contribution in [2.75, 3.05) is 24.5 Å². The van der Waals surface area contributed by atoms with Crippen molar-refractivity contribution < 1.29 is 4.39 Å². The van der Waals surface area contributed by atoms with Gasteiger partial charge in [-0.05, 0) is 56.5 Å². The van der Waals surface area contributed by atoms with Crippen LogP contribution in [-0.4, -0.2) is 44.8 Å². The minimum absolute atomic E-state index is 0.250. The van der Waals surface area contributed by atoms with Crippen molar-refractivity contribution in [3.63, 3.8) is 0 Å². The summed E-state index contributed by atoms with van der Waals surface area (Å²) in [6.07, 6.45) is 4.30. The fourth-order valence-corrected chi connectivity index (χ4v) is 4.53. The molecule has 1 N–H and O–H groups in total. The zero-order chi connectivity index (χ0) is 20.5. The summed E-state index contributed by atoms with van der Waals surface area (Å²) < 4.78 is 16.9. The number of nitrogens with zero attached hydrogens (tertiary/aromatic N) is 5. The van der Waals surface area contributed by atoms with E-state index in [4.69, 9.17) is 0 Å². The summed E-state index contributed by atoms with van der Waals surface area (Å²) in [5.41, 5.74) is 5.69. The Hall–Kier alpha value is -3.06. The van der Waals surface area contributed by atoms with Gasteiger partial charge in [0.2, 0.25) is 0 Å². The van der Waals surface area contributed by atoms with Crippen molar-refractivity contribution in [3.05, 3.63) is 53.6 Å². The normalized spacial score (nSPS) is 17.9. The first-order valence-electron chi connectivity index (χ1n) is 10.4. The zero-order valence-corrected chi connectivity index (χ0v) is 17.1. The van der Waals surface area contributed by atoms with Gasteiger partial charge in [-0.15, -0.1) is 0 Å². The average molecular weight is 402 g/mol. The fourth-order valence-electron chi connectivity index (χ4n) is 4.53. The Morgan fingerprint density at radius 2 is 1.93 bits per heavy atom. The van der Waals surface area contributed by atoms with Crippen LogP contribution >= 0.6 is 0 Å². The van der Waals surface area contributed by atoms with Crippen LogP contribution in [0.1, 0.15) is 24.1 Å². The molecule has 0 bridgehead atoms. The third kappa shape index (κ3) is 2.84. The van der Waals surface area contributed by atoms with Crippen LogP contribution in [0.4, 0.5) is 10.1 Å². The van der Waals surface area contributed by atoms with Crippen LogP contribution in [0.5, 0.6) is 0 Å². The number of aryl methyl sites for hydroxylation is 2. The summed E-state index contributed by atoms with van der Waals surface area (Å²) in [7, 11) is 0. The number of imidazole rings is 1. The monoisotopic (exact) mass is 402 g/mol. The summed E-state index contributed by atoms with van der Waals surface area (Å²) in [6.45, 7) is 6.72. The third-order valence-corrected chi connectivity index (χ3v) is 6.32. The molecule has 1 spiro atoms. The van der Waals surface area contributed by atoms with Crippen molar-refractivity contribution in [2.24, 2.45) is 0 Å².